The maximum atomic E-state index is 14.4. The van der Waals surface area contributed by atoms with E-state index >= 15 is 0 Å². The molecule has 27 nitrogen and oxygen atoms in total. The number of likely N-dealkylation sites (tertiary alicyclic amines) is 1. The van der Waals surface area contributed by atoms with E-state index < -0.39 is 132 Å². The number of nitrogens with zero attached hydrogens (tertiary/aromatic N) is 2. The molecule has 454 valence electrons. The van der Waals surface area contributed by atoms with Crippen LogP contribution in [0.1, 0.15) is 90.8 Å². The Bertz CT molecular complexity index is 2640. The van der Waals surface area contributed by atoms with Gasteiger partial charge in [-0.3, -0.25) is 43.2 Å². The zero-order chi connectivity index (χ0) is 60.8. The van der Waals surface area contributed by atoms with Crippen LogP contribution in [0.25, 0.3) is 10.9 Å². The zero-order valence-electron chi connectivity index (χ0n) is 46.8. The molecular weight excluding hydrogens is 1100 g/mol. The lowest BCUT2D eigenvalue weighted by Crippen LogP contribution is -2.62. The first-order valence-corrected chi connectivity index (χ1v) is 28.6. The summed E-state index contributed by atoms with van der Waals surface area (Å²) in [5.41, 5.74) is 13.6. The van der Waals surface area contributed by atoms with Crippen LogP contribution in [0, 0.1) is 11.8 Å². The molecule has 1 aromatic carbocycles. The monoisotopic (exact) mass is 1190 g/mol. The van der Waals surface area contributed by atoms with Gasteiger partial charge in [0.25, 0.3) is 0 Å². The summed E-state index contributed by atoms with van der Waals surface area (Å²) in [6.07, 6.45) is 4.08. The van der Waals surface area contributed by atoms with Gasteiger partial charge in [0, 0.05) is 59.9 Å². The third kappa shape index (κ3) is 20.3. The molecule has 0 unspecified atom stereocenters. The topological polar surface area (TPSA) is 427 Å². The van der Waals surface area contributed by atoms with E-state index in [0.717, 1.165) is 15.8 Å². The number of unbranched alkanes of at least 4 members (excludes halogenated alkanes) is 1. The van der Waals surface area contributed by atoms with Crippen molar-refractivity contribution in [3.8, 4) is 0 Å². The van der Waals surface area contributed by atoms with Crippen molar-refractivity contribution in [1.82, 2.24) is 62.4 Å². The van der Waals surface area contributed by atoms with Gasteiger partial charge in [-0.05, 0) is 81.9 Å². The number of benzene rings is 1. The molecule has 11 atom stereocenters. The lowest BCUT2D eigenvalue weighted by atomic mass is 10.00. The second kappa shape index (κ2) is 33.3. The highest BCUT2D eigenvalue weighted by Crippen LogP contribution is 2.22. The smallest absolute Gasteiger partial charge is 0.327 e. The van der Waals surface area contributed by atoms with Crippen molar-refractivity contribution in [3.05, 3.63) is 54.2 Å². The number of aliphatic hydroxyl groups is 2. The number of H-pyrrole nitrogens is 2. The van der Waals surface area contributed by atoms with E-state index in [1.54, 1.807) is 33.9 Å². The number of nitrogens with one attached hydrogen (secondary N) is 10. The van der Waals surface area contributed by atoms with Crippen LogP contribution in [0.2, 0.25) is 0 Å². The number of aromatic amines is 2. The Morgan fingerprint density at radius 1 is 0.695 bits per heavy atom. The number of para-hydroxylation sites is 1. The zero-order valence-corrected chi connectivity index (χ0v) is 48.6. The summed E-state index contributed by atoms with van der Waals surface area (Å²) in [5.74, 6) is -9.44. The van der Waals surface area contributed by atoms with Gasteiger partial charge in [-0.15, -0.1) is 0 Å². The van der Waals surface area contributed by atoms with E-state index in [1.165, 1.54) is 19.4 Å². The molecule has 17 N–H and O–H groups in total. The number of carbonyl (C=O) groups is 10. The molecule has 1 saturated heterocycles. The van der Waals surface area contributed by atoms with Crippen molar-refractivity contribution in [2.45, 2.75) is 159 Å². The third-order valence-corrected chi connectivity index (χ3v) is 14.4. The summed E-state index contributed by atoms with van der Waals surface area (Å²) in [5, 5.41) is 52.2. The second-order valence-corrected chi connectivity index (χ2v) is 22.0. The Balaban J connectivity index is 1.53. The first kappa shape index (κ1) is 67.7. The molecule has 1 aliphatic heterocycles. The van der Waals surface area contributed by atoms with Crippen LogP contribution in [-0.2, 0) is 60.8 Å². The quantitative estimate of drug-likeness (QED) is 0.0216. The van der Waals surface area contributed by atoms with E-state index in [9.17, 15) is 63.3 Å². The van der Waals surface area contributed by atoms with Crippen molar-refractivity contribution in [3.63, 3.8) is 0 Å². The molecule has 4 rings (SSSR count). The number of hydrogen-bond acceptors (Lipinski definition) is 17. The Kier molecular flexibility index (Phi) is 27.5. The predicted molar refractivity (Wildman–Crippen MR) is 308 cm³/mol. The summed E-state index contributed by atoms with van der Waals surface area (Å²) in [4.78, 5) is 148. The minimum atomic E-state index is -1.81. The number of fused-ring (bicyclic) bond motifs is 1. The van der Waals surface area contributed by atoms with Crippen LogP contribution < -0.4 is 54.0 Å². The molecule has 2 aromatic heterocycles. The maximum Gasteiger partial charge on any atom is 0.327 e. The fourth-order valence-electron chi connectivity index (χ4n) is 9.24. The molecule has 0 aliphatic carbocycles. The number of hydrogen-bond donors (Lipinski definition) is 17. The van der Waals surface area contributed by atoms with Crippen molar-refractivity contribution >= 4 is 95.3 Å². The number of carbonyl (C=O) groups excluding carboxylic acids is 9. The minimum Gasteiger partial charge on any atom is -0.480 e. The molecule has 0 bridgehead atoms. The van der Waals surface area contributed by atoms with Crippen molar-refractivity contribution in [2.75, 3.05) is 31.2 Å². The van der Waals surface area contributed by atoms with Gasteiger partial charge in [-0.25, -0.2) is 9.78 Å². The van der Waals surface area contributed by atoms with Crippen molar-refractivity contribution in [1.29, 1.82) is 0 Å². The van der Waals surface area contributed by atoms with E-state index in [2.05, 4.69) is 82.7 Å². The molecule has 3 aromatic rings. The van der Waals surface area contributed by atoms with Crippen molar-refractivity contribution in [2.24, 2.45) is 23.3 Å². The van der Waals surface area contributed by atoms with Gasteiger partial charge >= 0.3 is 5.97 Å². The Labute approximate surface area is 486 Å². The lowest BCUT2D eigenvalue weighted by molar-refractivity contribution is -0.144. The third-order valence-electron chi connectivity index (χ3n) is 13.6. The molecule has 0 radical (unpaired) electrons. The molecule has 3 heterocycles. The summed E-state index contributed by atoms with van der Waals surface area (Å²) in [7, 11) is 0. The molecule has 1 fully saturated rings. The van der Waals surface area contributed by atoms with Gasteiger partial charge in [-0.1, -0.05) is 45.9 Å². The lowest BCUT2D eigenvalue weighted by Gasteiger charge is -2.31. The standard InChI is InChI=1S/C53H82N14O13S2/c1-27(2)17-36(61-45(71)35(13-8-9-15-54)59-48(74)38(60-44(70)33(55)24-81)19-30-21-57-34-12-7-6-11-32(30)34)46(72)62-39(20-31-22-56-26-58-31)49(75)66-43(29(5)69)51(77)64-40(23-68)52(78)67-16-10-14-42(67)50(76)63-37(18-28(3)4)47(73)65-41(25-82)53(79)80/h6-7,11-12,21-22,26-29,33,35-43,57,68-69,81-82H,8-10,13-20,23-25,54-55H2,1-5H3,(H,56,58)(H,59,74)(H,60,70)(H,61,71)(H,62,72)(H,63,76)(H,64,77)(H,65,73)(H,66,75)(H,79,80)/t29-,33+,35+,36+,37+,38+,39+,40+,41+,42+,43+/m1/s1. The fraction of sp³-hybridized carbons (Fsp3) is 0.604. The Morgan fingerprint density at radius 2 is 1.26 bits per heavy atom. The summed E-state index contributed by atoms with van der Waals surface area (Å²) >= 11 is 8.11. The first-order valence-electron chi connectivity index (χ1n) is 27.4. The maximum absolute atomic E-state index is 14.4. The van der Waals surface area contributed by atoms with Crippen molar-refractivity contribution < 1.29 is 63.3 Å². The Hall–Kier alpha value is -6.79. The van der Waals surface area contributed by atoms with Crippen LogP contribution in [0.5, 0.6) is 0 Å². The largest absolute Gasteiger partial charge is 0.480 e. The van der Waals surface area contributed by atoms with Gasteiger partial charge in [0.15, 0.2) is 0 Å². The highest BCUT2D eigenvalue weighted by atomic mass is 32.1. The molecule has 29 heteroatoms. The SMILES string of the molecule is CC(C)C[C@H](NC(=O)[C@H](CCCCN)NC(=O)[C@H](Cc1c[nH]c2ccccc12)NC(=O)[C@@H](N)CS)C(=O)N[C@@H](Cc1cnc[nH]1)C(=O)N[C@H](C(=O)N[C@@H](CO)C(=O)N1CCC[C@H]1C(=O)N[C@@H](CC(C)C)C(=O)N[C@@H](CS)C(=O)O)[C@@H](C)O. The Morgan fingerprint density at radius 3 is 1.84 bits per heavy atom. The van der Waals surface area contributed by atoms with Crippen LogP contribution in [0.3, 0.4) is 0 Å². The van der Waals surface area contributed by atoms with Gasteiger partial charge in [0.2, 0.25) is 53.2 Å². The predicted octanol–water partition coefficient (Wildman–Crippen LogP) is -2.59. The number of rotatable bonds is 34. The number of aliphatic hydroxyl groups excluding tert-OH is 2. The van der Waals surface area contributed by atoms with Gasteiger partial charge in [0.05, 0.1) is 25.1 Å². The summed E-state index contributed by atoms with van der Waals surface area (Å²) < 4.78 is 0. The van der Waals surface area contributed by atoms with Crippen LogP contribution in [-0.4, -0.2) is 192 Å². The van der Waals surface area contributed by atoms with Crippen LogP contribution in [0.15, 0.2) is 43.0 Å². The van der Waals surface area contributed by atoms with E-state index in [4.69, 9.17) is 11.5 Å². The number of nitrogens with two attached hydrogens (primary N) is 2. The number of aliphatic carboxylic acids is 1. The fourth-order valence-corrected chi connectivity index (χ4v) is 9.65. The molecule has 9 amide bonds. The number of imidazole rings is 1. The summed E-state index contributed by atoms with van der Waals surface area (Å²) in [6, 6.07) is -6.18. The minimum absolute atomic E-state index is 0.00821. The molecule has 1 aliphatic rings. The molecule has 82 heavy (non-hydrogen) atoms. The summed E-state index contributed by atoms with van der Waals surface area (Å²) in [6.45, 7) is 7.64. The average Bonchev–Trinajstić information content (AvgIpc) is 4.44. The average molecular weight is 1190 g/mol. The van der Waals surface area contributed by atoms with Gasteiger partial charge in [-0.2, -0.15) is 25.3 Å². The van der Waals surface area contributed by atoms with Crippen LogP contribution >= 0.6 is 25.3 Å². The van der Waals surface area contributed by atoms with Gasteiger partial charge < -0.3 is 84.2 Å². The number of carboxylic acid groups (broad SMARTS) is 1. The highest BCUT2D eigenvalue weighted by Gasteiger charge is 2.41. The number of thiol groups is 2. The number of aromatic nitrogens is 3. The first-order chi connectivity index (χ1) is 38.9. The van der Waals surface area contributed by atoms with E-state index in [0.29, 0.717) is 30.5 Å². The number of carboxylic acids is 1. The van der Waals surface area contributed by atoms with E-state index in [-0.39, 0.29) is 75.0 Å². The second-order valence-electron chi connectivity index (χ2n) is 21.2. The van der Waals surface area contributed by atoms with Crippen LogP contribution in [0.4, 0.5) is 0 Å². The van der Waals surface area contributed by atoms with Gasteiger partial charge in [0.1, 0.15) is 54.4 Å². The normalized spacial score (nSPS) is 17.0. The molecule has 0 spiro atoms. The van der Waals surface area contributed by atoms with E-state index in [1.807, 2.05) is 24.3 Å². The number of amides is 9. The molecule has 0 saturated carbocycles. The highest BCUT2D eigenvalue weighted by molar-refractivity contribution is 7.80. The molecular formula is C53H82N14O13S2.